The largest absolute Gasteiger partial charge is 0.339 e. The molecule has 29 heavy (non-hydrogen) atoms. The molecule has 1 atom stereocenters. The minimum atomic E-state index is -0.119. The molecule has 0 N–H and O–H groups in total. The van der Waals surface area contributed by atoms with Crippen LogP contribution in [-0.4, -0.2) is 38.7 Å². The second-order valence-corrected chi connectivity index (χ2v) is 9.38. The number of carbonyl (C=O) groups is 1. The van der Waals surface area contributed by atoms with Gasteiger partial charge in [0.25, 0.3) is 5.56 Å². The third-order valence-corrected chi connectivity index (χ3v) is 7.34. The quantitative estimate of drug-likeness (QED) is 0.408. The maximum absolute atomic E-state index is 13.1. The second kappa shape index (κ2) is 8.90. The van der Waals surface area contributed by atoms with E-state index in [0.717, 1.165) is 25.8 Å². The lowest BCUT2D eigenvalue weighted by Crippen LogP contribution is -2.44. The number of nitrogens with zero attached hydrogens (tertiary/aromatic N) is 3. The van der Waals surface area contributed by atoms with Gasteiger partial charge in [0.2, 0.25) is 5.91 Å². The molecule has 3 heterocycles. The van der Waals surface area contributed by atoms with Crippen molar-refractivity contribution in [3.05, 3.63) is 51.1 Å². The molecule has 1 aliphatic heterocycles. The van der Waals surface area contributed by atoms with Gasteiger partial charge in [0, 0.05) is 17.6 Å². The first-order chi connectivity index (χ1) is 14.1. The Kier molecular flexibility index (Phi) is 6.27. The zero-order valence-corrected chi connectivity index (χ0v) is 18.5. The van der Waals surface area contributed by atoms with E-state index in [9.17, 15) is 9.59 Å². The van der Waals surface area contributed by atoms with Crippen molar-refractivity contribution < 1.29 is 4.79 Å². The lowest BCUT2D eigenvalue weighted by atomic mass is 10.0. The highest BCUT2D eigenvalue weighted by Crippen LogP contribution is 2.26. The van der Waals surface area contributed by atoms with Crippen LogP contribution in [0.5, 0.6) is 0 Å². The molecule has 0 aliphatic carbocycles. The van der Waals surface area contributed by atoms with Crippen molar-refractivity contribution in [2.45, 2.75) is 43.8 Å². The fourth-order valence-corrected chi connectivity index (χ4v) is 5.55. The third kappa shape index (κ3) is 4.22. The van der Waals surface area contributed by atoms with E-state index < -0.39 is 0 Å². The highest BCUT2D eigenvalue weighted by molar-refractivity contribution is 7.99. The highest BCUT2D eigenvalue weighted by Gasteiger charge is 2.26. The normalized spacial score (nSPS) is 17.0. The molecule has 1 aromatic carbocycles. The van der Waals surface area contributed by atoms with Crippen LogP contribution in [0.2, 0.25) is 5.02 Å². The van der Waals surface area contributed by atoms with Gasteiger partial charge in [-0.25, -0.2) is 4.98 Å². The van der Waals surface area contributed by atoms with E-state index in [1.54, 1.807) is 28.8 Å². The number of thiophene rings is 1. The van der Waals surface area contributed by atoms with E-state index in [1.807, 2.05) is 16.3 Å². The lowest BCUT2D eigenvalue weighted by molar-refractivity contribution is -0.132. The Morgan fingerprint density at radius 2 is 2.07 bits per heavy atom. The number of halogens is 1. The molecule has 1 saturated heterocycles. The number of fused-ring (bicyclic) bond motifs is 1. The molecule has 1 fully saturated rings. The topological polar surface area (TPSA) is 55.2 Å². The summed E-state index contributed by atoms with van der Waals surface area (Å²) in [4.78, 5) is 32.7. The molecule has 0 saturated carbocycles. The molecular formula is C21H22ClN3O2S2. The number of likely N-dealkylation sites (tertiary alicyclic amines) is 1. The maximum Gasteiger partial charge on any atom is 0.276 e. The first kappa shape index (κ1) is 20.4. The van der Waals surface area contributed by atoms with E-state index in [1.165, 1.54) is 29.5 Å². The predicted molar refractivity (Wildman–Crippen MR) is 121 cm³/mol. The van der Waals surface area contributed by atoms with Gasteiger partial charge in [-0.3, -0.25) is 14.2 Å². The second-order valence-electron chi connectivity index (χ2n) is 7.08. The monoisotopic (exact) mass is 447 g/mol. The zero-order valence-electron chi connectivity index (χ0n) is 16.1. The molecule has 8 heteroatoms. The first-order valence-corrected chi connectivity index (χ1v) is 12.0. The SMILES string of the molecule is CC[C@@H]1CCCCN1C(=O)CSc1nc2ccsc2c(=O)n1-c1ccc(Cl)cc1. The van der Waals surface area contributed by atoms with Crippen molar-refractivity contribution >= 4 is 50.8 Å². The van der Waals surface area contributed by atoms with Crippen LogP contribution in [0, 0.1) is 0 Å². The number of thioether (sulfide) groups is 1. The number of hydrogen-bond acceptors (Lipinski definition) is 5. The molecule has 0 unspecified atom stereocenters. The Hall–Kier alpha value is -1.83. The van der Waals surface area contributed by atoms with Gasteiger partial charge in [0.1, 0.15) is 4.70 Å². The standard InChI is InChI=1S/C21H22ClN3O2S2/c1-2-15-5-3-4-11-24(15)18(26)13-29-21-23-17-10-12-28-19(17)20(27)25(21)16-8-6-14(22)7-9-16/h6-10,12,15H,2-5,11,13H2,1H3/t15-/m1/s1. The van der Waals surface area contributed by atoms with Crippen LogP contribution in [0.3, 0.4) is 0 Å². The van der Waals surface area contributed by atoms with E-state index in [-0.39, 0.29) is 17.2 Å². The molecule has 152 valence electrons. The van der Waals surface area contributed by atoms with Crippen LogP contribution in [-0.2, 0) is 4.79 Å². The molecule has 3 aromatic rings. The first-order valence-electron chi connectivity index (χ1n) is 9.77. The summed E-state index contributed by atoms with van der Waals surface area (Å²) in [6.07, 6.45) is 4.29. The van der Waals surface area contributed by atoms with E-state index in [2.05, 4.69) is 11.9 Å². The summed E-state index contributed by atoms with van der Waals surface area (Å²) in [5, 5.41) is 3.00. The van der Waals surface area contributed by atoms with Gasteiger partial charge in [-0.2, -0.15) is 0 Å². The van der Waals surface area contributed by atoms with Crippen LogP contribution in [0.25, 0.3) is 15.9 Å². The summed E-state index contributed by atoms with van der Waals surface area (Å²) in [5.74, 6) is 0.385. The fourth-order valence-electron chi connectivity index (χ4n) is 3.77. The van der Waals surface area contributed by atoms with Crippen LogP contribution in [0.15, 0.2) is 45.7 Å². The molecular weight excluding hydrogens is 426 g/mol. The Morgan fingerprint density at radius 3 is 2.83 bits per heavy atom. The van der Waals surface area contributed by atoms with Crippen molar-refractivity contribution in [2.75, 3.05) is 12.3 Å². The summed E-state index contributed by atoms with van der Waals surface area (Å²) in [6.45, 7) is 2.95. The van der Waals surface area contributed by atoms with Crippen LogP contribution in [0.4, 0.5) is 0 Å². The van der Waals surface area contributed by atoms with Gasteiger partial charge in [0.15, 0.2) is 5.16 Å². The van der Waals surface area contributed by atoms with Crippen molar-refractivity contribution in [1.82, 2.24) is 14.5 Å². The molecule has 4 rings (SSSR count). The average molecular weight is 448 g/mol. The van der Waals surface area contributed by atoms with Crippen LogP contribution >= 0.6 is 34.7 Å². The lowest BCUT2D eigenvalue weighted by Gasteiger charge is -2.35. The summed E-state index contributed by atoms with van der Waals surface area (Å²) >= 11 is 8.72. The Bertz CT molecular complexity index is 1080. The van der Waals surface area contributed by atoms with Crippen molar-refractivity contribution in [3.8, 4) is 5.69 Å². The summed E-state index contributed by atoms with van der Waals surface area (Å²) in [7, 11) is 0. The molecule has 2 aromatic heterocycles. The maximum atomic E-state index is 13.1. The van der Waals surface area contributed by atoms with E-state index >= 15 is 0 Å². The number of aromatic nitrogens is 2. The van der Waals surface area contributed by atoms with E-state index in [0.29, 0.717) is 32.1 Å². The summed E-state index contributed by atoms with van der Waals surface area (Å²) in [6, 6.07) is 9.27. The van der Waals surface area contributed by atoms with Crippen LogP contribution in [0.1, 0.15) is 32.6 Å². The van der Waals surface area contributed by atoms with Gasteiger partial charge < -0.3 is 4.90 Å². The molecule has 0 radical (unpaired) electrons. The van der Waals surface area contributed by atoms with Gasteiger partial charge in [-0.15, -0.1) is 11.3 Å². The Morgan fingerprint density at radius 1 is 1.28 bits per heavy atom. The smallest absolute Gasteiger partial charge is 0.276 e. The van der Waals surface area contributed by atoms with Crippen molar-refractivity contribution in [1.29, 1.82) is 0 Å². The van der Waals surface area contributed by atoms with Gasteiger partial charge in [-0.05, 0) is 61.4 Å². The number of hydrogen-bond donors (Lipinski definition) is 0. The predicted octanol–water partition coefficient (Wildman–Crippen LogP) is 4.98. The number of benzene rings is 1. The van der Waals surface area contributed by atoms with Crippen LogP contribution < -0.4 is 5.56 Å². The minimum Gasteiger partial charge on any atom is -0.339 e. The zero-order chi connectivity index (χ0) is 20.4. The number of carbonyl (C=O) groups excluding carboxylic acids is 1. The Balaban J connectivity index is 1.66. The Labute approximate surface area is 182 Å². The van der Waals surface area contributed by atoms with E-state index in [4.69, 9.17) is 11.6 Å². The summed E-state index contributed by atoms with van der Waals surface area (Å²) in [5.41, 5.74) is 1.25. The van der Waals surface area contributed by atoms with Crippen molar-refractivity contribution in [3.63, 3.8) is 0 Å². The van der Waals surface area contributed by atoms with Crippen molar-refractivity contribution in [2.24, 2.45) is 0 Å². The summed E-state index contributed by atoms with van der Waals surface area (Å²) < 4.78 is 2.19. The number of piperidine rings is 1. The van der Waals surface area contributed by atoms with Gasteiger partial charge >= 0.3 is 0 Å². The number of rotatable bonds is 5. The molecule has 0 spiro atoms. The fraction of sp³-hybridized carbons (Fsp3) is 0.381. The van der Waals surface area contributed by atoms with Gasteiger partial charge in [-0.1, -0.05) is 30.3 Å². The third-order valence-electron chi connectivity index (χ3n) is 5.28. The molecule has 1 aliphatic rings. The molecule has 5 nitrogen and oxygen atoms in total. The minimum absolute atomic E-state index is 0.115. The number of amides is 1. The average Bonchev–Trinajstić information content (AvgIpc) is 3.22. The van der Waals surface area contributed by atoms with Gasteiger partial charge in [0.05, 0.1) is 17.0 Å². The molecule has 1 amide bonds. The molecule has 0 bridgehead atoms. The highest BCUT2D eigenvalue weighted by atomic mass is 35.5.